The number of rotatable bonds is 5. The van der Waals surface area contributed by atoms with Gasteiger partial charge in [0.25, 0.3) is 0 Å². The summed E-state index contributed by atoms with van der Waals surface area (Å²) in [5.41, 5.74) is 4.58. The van der Waals surface area contributed by atoms with E-state index in [9.17, 15) is 0 Å². The Labute approximate surface area is 121 Å². The van der Waals surface area contributed by atoms with Crippen molar-refractivity contribution in [3.05, 3.63) is 52.7 Å². The molecule has 2 rings (SSSR count). The lowest BCUT2D eigenvalue weighted by atomic mass is 10.1. The highest BCUT2D eigenvalue weighted by atomic mass is 16.5. The Morgan fingerprint density at radius 2 is 1.90 bits per heavy atom. The van der Waals surface area contributed by atoms with Crippen LogP contribution in [0.3, 0.4) is 0 Å². The molecule has 0 radical (unpaired) electrons. The molecule has 0 spiro atoms. The molecule has 1 heterocycles. The topological polar surface area (TPSA) is 34.1 Å². The van der Waals surface area contributed by atoms with Crippen LogP contribution in [0.2, 0.25) is 0 Å². The van der Waals surface area contributed by atoms with Crippen LogP contribution in [0.5, 0.6) is 11.6 Å². The molecule has 0 unspecified atom stereocenters. The van der Waals surface area contributed by atoms with E-state index in [1.165, 1.54) is 11.1 Å². The van der Waals surface area contributed by atoms with Gasteiger partial charge in [-0.2, -0.15) is 0 Å². The average Bonchev–Trinajstić information content (AvgIpc) is 2.41. The van der Waals surface area contributed by atoms with Crippen molar-refractivity contribution >= 4 is 0 Å². The first-order valence-electron chi connectivity index (χ1n) is 7.02. The van der Waals surface area contributed by atoms with E-state index in [1.807, 2.05) is 19.1 Å². The summed E-state index contributed by atoms with van der Waals surface area (Å²) < 4.78 is 5.87. The van der Waals surface area contributed by atoms with Crippen LogP contribution in [0, 0.1) is 20.8 Å². The third-order valence-corrected chi connectivity index (χ3v) is 3.28. The summed E-state index contributed by atoms with van der Waals surface area (Å²) in [4.78, 5) is 4.52. The van der Waals surface area contributed by atoms with Crippen molar-refractivity contribution in [2.45, 2.75) is 34.2 Å². The fraction of sp³-hybridized carbons (Fsp3) is 0.353. The lowest BCUT2D eigenvalue weighted by Gasteiger charge is -2.11. The number of benzene rings is 1. The molecule has 1 N–H and O–H groups in total. The molecule has 106 valence electrons. The van der Waals surface area contributed by atoms with Crippen molar-refractivity contribution in [2.24, 2.45) is 0 Å². The molecule has 0 saturated heterocycles. The highest BCUT2D eigenvalue weighted by molar-refractivity contribution is 5.38. The Balaban J connectivity index is 2.15. The minimum absolute atomic E-state index is 0.648. The Bertz CT molecular complexity index is 594. The summed E-state index contributed by atoms with van der Waals surface area (Å²) in [7, 11) is 0. The summed E-state index contributed by atoms with van der Waals surface area (Å²) in [6.07, 6.45) is 0. The summed E-state index contributed by atoms with van der Waals surface area (Å²) >= 11 is 0. The quantitative estimate of drug-likeness (QED) is 0.894. The van der Waals surface area contributed by atoms with Crippen LogP contribution in [0.1, 0.15) is 29.3 Å². The number of nitrogens with one attached hydrogen (secondary N) is 1. The normalized spacial score (nSPS) is 10.6. The molecule has 0 aliphatic carbocycles. The van der Waals surface area contributed by atoms with Crippen molar-refractivity contribution in [1.29, 1.82) is 0 Å². The minimum atomic E-state index is 0.648. The fourth-order valence-electron chi connectivity index (χ4n) is 2.10. The zero-order valence-electron chi connectivity index (χ0n) is 12.7. The smallest absolute Gasteiger partial charge is 0.219 e. The number of nitrogens with zero attached hydrogens (tertiary/aromatic N) is 1. The van der Waals surface area contributed by atoms with E-state index in [4.69, 9.17) is 4.74 Å². The summed E-state index contributed by atoms with van der Waals surface area (Å²) in [6.45, 7) is 10.0. The van der Waals surface area contributed by atoms with Gasteiger partial charge < -0.3 is 10.1 Å². The molecule has 0 amide bonds. The second-order valence-electron chi connectivity index (χ2n) is 5.05. The van der Waals surface area contributed by atoms with Crippen molar-refractivity contribution in [2.75, 3.05) is 6.54 Å². The van der Waals surface area contributed by atoms with E-state index >= 15 is 0 Å². The maximum Gasteiger partial charge on any atom is 0.219 e. The third kappa shape index (κ3) is 3.58. The molecule has 0 bridgehead atoms. The third-order valence-electron chi connectivity index (χ3n) is 3.28. The van der Waals surface area contributed by atoms with Gasteiger partial charge in [-0.1, -0.05) is 30.7 Å². The second kappa shape index (κ2) is 6.53. The van der Waals surface area contributed by atoms with E-state index in [2.05, 4.69) is 49.3 Å². The van der Waals surface area contributed by atoms with E-state index < -0.39 is 0 Å². The number of aromatic nitrogens is 1. The van der Waals surface area contributed by atoms with E-state index in [0.29, 0.717) is 5.88 Å². The Morgan fingerprint density at radius 3 is 2.55 bits per heavy atom. The van der Waals surface area contributed by atoms with Crippen LogP contribution in [0.15, 0.2) is 30.3 Å². The van der Waals surface area contributed by atoms with E-state index in [0.717, 1.165) is 30.1 Å². The maximum atomic E-state index is 5.87. The lowest BCUT2D eigenvalue weighted by molar-refractivity contribution is 0.457. The van der Waals surface area contributed by atoms with Gasteiger partial charge in [-0.05, 0) is 44.5 Å². The molecule has 1 aromatic carbocycles. The van der Waals surface area contributed by atoms with E-state index in [-0.39, 0.29) is 0 Å². The van der Waals surface area contributed by atoms with E-state index in [1.54, 1.807) is 0 Å². The van der Waals surface area contributed by atoms with Crippen LogP contribution in [0.25, 0.3) is 0 Å². The molecule has 0 aliphatic rings. The molecule has 0 saturated carbocycles. The first kappa shape index (κ1) is 14.5. The predicted molar refractivity (Wildman–Crippen MR) is 82.3 cm³/mol. The highest BCUT2D eigenvalue weighted by Gasteiger charge is 2.05. The van der Waals surface area contributed by atoms with Gasteiger partial charge in [0.15, 0.2) is 0 Å². The molecule has 0 fully saturated rings. The number of ether oxygens (including phenoxy) is 1. The van der Waals surface area contributed by atoms with Crippen LogP contribution in [0.4, 0.5) is 0 Å². The predicted octanol–water partition coefficient (Wildman–Crippen LogP) is 3.91. The fourth-order valence-corrected chi connectivity index (χ4v) is 2.10. The van der Waals surface area contributed by atoms with Gasteiger partial charge in [-0.3, -0.25) is 0 Å². The molecule has 0 atom stereocenters. The Hall–Kier alpha value is -1.87. The number of pyridine rings is 1. The van der Waals surface area contributed by atoms with Gasteiger partial charge >= 0.3 is 0 Å². The Kier molecular flexibility index (Phi) is 4.74. The molecular weight excluding hydrogens is 248 g/mol. The standard InChI is InChI=1S/C17H22N2O/c1-5-18-11-15-7-9-17(19-14(15)4)20-16-8-6-12(2)10-13(16)3/h6-10,18H,5,11H2,1-4H3. The van der Waals surface area contributed by atoms with Gasteiger partial charge in [0, 0.05) is 18.3 Å². The molecule has 0 aliphatic heterocycles. The summed E-state index contributed by atoms with van der Waals surface area (Å²) in [5.74, 6) is 1.51. The first-order chi connectivity index (χ1) is 9.60. The molecule has 20 heavy (non-hydrogen) atoms. The van der Waals surface area contributed by atoms with Crippen molar-refractivity contribution < 1.29 is 4.74 Å². The molecule has 2 aromatic rings. The molecular formula is C17H22N2O. The van der Waals surface area contributed by atoms with Crippen LogP contribution < -0.4 is 10.1 Å². The summed E-state index contributed by atoms with van der Waals surface area (Å²) in [5, 5.41) is 3.31. The molecule has 1 aromatic heterocycles. The zero-order valence-corrected chi connectivity index (χ0v) is 12.7. The SMILES string of the molecule is CCNCc1ccc(Oc2ccc(C)cc2C)nc1C. The van der Waals surface area contributed by atoms with Crippen LogP contribution >= 0.6 is 0 Å². The zero-order chi connectivity index (χ0) is 14.5. The van der Waals surface area contributed by atoms with Crippen molar-refractivity contribution in [3.63, 3.8) is 0 Å². The van der Waals surface area contributed by atoms with Crippen molar-refractivity contribution in [3.8, 4) is 11.6 Å². The van der Waals surface area contributed by atoms with Crippen molar-refractivity contribution in [1.82, 2.24) is 10.3 Å². The summed E-state index contributed by atoms with van der Waals surface area (Å²) in [6, 6.07) is 10.2. The van der Waals surface area contributed by atoms with Gasteiger partial charge in [-0.25, -0.2) is 4.98 Å². The number of hydrogen-bond acceptors (Lipinski definition) is 3. The minimum Gasteiger partial charge on any atom is -0.439 e. The maximum absolute atomic E-state index is 5.87. The number of aryl methyl sites for hydroxylation is 3. The lowest BCUT2D eigenvalue weighted by Crippen LogP contribution is -2.13. The van der Waals surface area contributed by atoms with Gasteiger partial charge in [0.2, 0.25) is 5.88 Å². The monoisotopic (exact) mass is 270 g/mol. The highest BCUT2D eigenvalue weighted by Crippen LogP contribution is 2.25. The van der Waals surface area contributed by atoms with Crippen LogP contribution in [-0.2, 0) is 6.54 Å². The average molecular weight is 270 g/mol. The molecule has 3 nitrogen and oxygen atoms in total. The Morgan fingerprint density at radius 1 is 1.10 bits per heavy atom. The number of hydrogen-bond donors (Lipinski definition) is 1. The largest absolute Gasteiger partial charge is 0.439 e. The van der Waals surface area contributed by atoms with Gasteiger partial charge in [0.05, 0.1) is 0 Å². The van der Waals surface area contributed by atoms with Gasteiger partial charge in [-0.15, -0.1) is 0 Å². The van der Waals surface area contributed by atoms with Gasteiger partial charge in [0.1, 0.15) is 5.75 Å². The second-order valence-corrected chi connectivity index (χ2v) is 5.05. The molecule has 3 heteroatoms. The van der Waals surface area contributed by atoms with Crippen LogP contribution in [-0.4, -0.2) is 11.5 Å². The first-order valence-corrected chi connectivity index (χ1v) is 7.02.